The average molecular weight is 411 g/mol. The smallest absolute Gasteiger partial charge is 0.231 e. The Bertz CT molecular complexity index is 1090. The van der Waals surface area contributed by atoms with Crippen molar-refractivity contribution in [3.05, 3.63) is 65.7 Å². The molecule has 1 aliphatic heterocycles. The molecule has 0 saturated carbocycles. The van der Waals surface area contributed by atoms with Gasteiger partial charge >= 0.3 is 0 Å². The molecule has 1 unspecified atom stereocenters. The number of nitrogens with one attached hydrogen (secondary N) is 2. The van der Waals surface area contributed by atoms with Crippen molar-refractivity contribution in [1.82, 2.24) is 5.48 Å². The Hall–Kier alpha value is -3.33. The monoisotopic (exact) mass is 411 g/mol. The highest BCUT2D eigenvalue weighted by molar-refractivity contribution is 7.90. The molecule has 0 amide bonds. The highest BCUT2D eigenvalue weighted by atomic mass is 32.2. The van der Waals surface area contributed by atoms with E-state index in [0.717, 1.165) is 12.7 Å². The largest absolute Gasteiger partial charge is 0.364 e. The Kier molecular flexibility index (Phi) is 5.88. The molecule has 3 rings (SSSR count). The first-order chi connectivity index (χ1) is 13.8. The van der Waals surface area contributed by atoms with Crippen LogP contribution >= 0.6 is 0 Å². The first kappa shape index (κ1) is 20.4. The van der Waals surface area contributed by atoms with Crippen LogP contribution in [0.1, 0.15) is 18.9 Å². The standard InChI is InChI=1S/C20H21N5O3S/c1-13(14-9-11-16(12-10-14)29(3,26)27)23-17(18(21)22-2)19-24-20(28-25-19)15-7-5-4-6-8-15/h4-7,9-12,15,21,25H,2,8H2,1,3H3. The van der Waals surface area contributed by atoms with Gasteiger partial charge in [0.05, 0.1) is 10.8 Å². The molecule has 1 aliphatic carbocycles. The number of hydrogen-bond acceptors (Lipinski definition) is 7. The van der Waals surface area contributed by atoms with Crippen molar-refractivity contribution in [2.24, 2.45) is 20.9 Å². The van der Waals surface area contributed by atoms with Crippen LogP contribution in [-0.4, -0.2) is 38.8 Å². The molecule has 1 heterocycles. The van der Waals surface area contributed by atoms with Gasteiger partial charge in [-0.1, -0.05) is 36.4 Å². The zero-order chi connectivity index (χ0) is 21.0. The maximum absolute atomic E-state index is 11.6. The van der Waals surface area contributed by atoms with E-state index in [1.165, 1.54) is 12.1 Å². The van der Waals surface area contributed by atoms with E-state index in [9.17, 15) is 8.42 Å². The van der Waals surface area contributed by atoms with Crippen LogP contribution in [0.15, 0.2) is 80.0 Å². The van der Waals surface area contributed by atoms with Gasteiger partial charge in [0.25, 0.3) is 0 Å². The topological polar surface area (TPSA) is 116 Å². The number of rotatable bonds is 5. The second-order valence-electron chi connectivity index (χ2n) is 6.51. The molecule has 0 spiro atoms. The number of nitrogens with zero attached hydrogens (tertiary/aromatic N) is 3. The van der Waals surface area contributed by atoms with Crippen LogP contribution in [0.25, 0.3) is 0 Å². The summed E-state index contributed by atoms with van der Waals surface area (Å²) in [5.74, 6) is 0.603. The maximum Gasteiger partial charge on any atom is 0.231 e. The fourth-order valence-corrected chi connectivity index (χ4v) is 3.38. The molecule has 1 atom stereocenters. The summed E-state index contributed by atoms with van der Waals surface area (Å²) in [5, 5.41) is 8.08. The van der Waals surface area contributed by atoms with E-state index < -0.39 is 9.84 Å². The predicted molar refractivity (Wildman–Crippen MR) is 114 cm³/mol. The van der Waals surface area contributed by atoms with E-state index in [1.54, 1.807) is 19.1 Å². The van der Waals surface area contributed by atoms with E-state index >= 15 is 0 Å². The quantitative estimate of drug-likeness (QED) is 0.572. The molecule has 2 N–H and O–H groups in total. The number of sulfone groups is 1. The summed E-state index contributed by atoms with van der Waals surface area (Å²) in [6.45, 7) is 5.15. The van der Waals surface area contributed by atoms with Gasteiger partial charge in [-0.3, -0.25) is 5.41 Å². The van der Waals surface area contributed by atoms with Gasteiger partial charge in [-0.05, 0) is 37.8 Å². The van der Waals surface area contributed by atoms with Gasteiger partial charge < -0.3 is 4.84 Å². The van der Waals surface area contributed by atoms with Crippen molar-refractivity contribution in [3.63, 3.8) is 0 Å². The minimum Gasteiger partial charge on any atom is -0.364 e. The molecule has 0 saturated heterocycles. The zero-order valence-corrected chi connectivity index (χ0v) is 16.9. The SMILES string of the molecule is C=NC(=N)C(N=C(C)c1ccc(S(C)(=O)=O)cc1)=C1N=C(C2C=CC=CC2)ON1. The second-order valence-corrected chi connectivity index (χ2v) is 8.52. The summed E-state index contributed by atoms with van der Waals surface area (Å²) in [7, 11) is -3.28. The number of amidine groups is 1. The Morgan fingerprint density at radius 3 is 2.62 bits per heavy atom. The molecule has 0 bridgehead atoms. The minimum atomic E-state index is -3.28. The lowest BCUT2D eigenvalue weighted by Crippen LogP contribution is -2.17. The molecule has 8 nitrogen and oxygen atoms in total. The molecule has 29 heavy (non-hydrogen) atoms. The molecule has 0 fully saturated rings. The van der Waals surface area contributed by atoms with E-state index in [4.69, 9.17) is 10.2 Å². The van der Waals surface area contributed by atoms with Gasteiger partial charge in [0.15, 0.2) is 27.2 Å². The van der Waals surface area contributed by atoms with E-state index in [1.807, 2.05) is 24.3 Å². The Morgan fingerprint density at radius 2 is 2.03 bits per heavy atom. The van der Waals surface area contributed by atoms with Crippen LogP contribution in [0.5, 0.6) is 0 Å². The fourth-order valence-electron chi connectivity index (χ4n) is 2.75. The summed E-state index contributed by atoms with van der Waals surface area (Å²) >= 11 is 0. The third-order valence-electron chi connectivity index (χ3n) is 4.36. The van der Waals surface area contributed by atoms with Crippen molar-refractivity contribution in [1.29, 1.82) is 5.41 Å². The number of benzene rings is 1. The van der Waals surface area contributed by atoms with Crippen molar-refractivity contribution in [3.8, 4) is 0 Å². The summed E-state index contributed by atoms with van der Waals surface area (Å²) in [5.41, 5.74) is 4.15. The molecule has 1 aromatic carbocycles. The third kappa shape index (κ3) is 4.75. The maximum atomic E-state index is 11.6. The zero-order valence-electron chi connectivity index (χ0n) is 16.1. The molecule has 0 radical (unpaired) electrons. The Morgan fingerprint density at radius 1 is 1.31 bits per heavy atom. The van der Waals surface area contributed by atoms with Gasteiger partial charge in [-0.25, -0.2) is 18.4 Å². The van der Waals surface area contributed by atoms with Gasteiger partial charge in [0.1, 0.15) is 0 Å². The number of allylic oxidation sites excluding steroid dienone is 3. The van der Waals surface area contributed by atoms with Crippen LogP contribution in [-0.2, 0) is 14.7 Å². The van der Waals surface area contributed by atoms with Gasteiger partial charge in [0.2, 0.25) is 5.90 Å². The Balaban J connectivity index is 1.95. The minimum absolute atomic E-state index is 0.00531. The van der Waals surface area contributed by atoms with Crippen LogP contribution in [0.4, 0.5) is 0 Å². The first-order valence-corrected chi connectivity index (χ1v) is 10.7. The Labute approximate surface area is 169 Å². The third-order valence-corrected chi connectivity index (χ3v) is 5.49. The van der Waals surface area contributed by atoms with Gasteiger partial charge in [-0.15, -0.1) is 0 Å². The van der Waals surface area contributed by atoms with Crippen LogP contribution in [0, 0.1) is 11.3 Å². The predicted octanol–water partition coefficient (Wildman–Crippen LogP) is 2.81. The second kappa shape index (κ2) is 8.36. The van der Waals surface area contributed by atoms with E-state index in [0.29, 0.717) is 17.2 Å². The number of aliphatic imine (C=N–C) groups is 3. The lowest BCUT2D eigenvalue weighted by atomic mass is 10.0. The van der Waals surface area contributed by atoms with Crippen molar-refractivity contribution in [2.45, 2.75) is 18.2 Å². The molecule has 2 aliphatic rings. The normalized spacial score (nSPS) is 20.6. The number of hydroxylamine groups is 1. The lowest BCUT2D eigenvalue weighted by molar-refractivity contribution is 0.224. The highest BCUT2D eigenvalue weighted by Crippen LogP contribution is 2.21. The molecule has 9 heteroatoms. The van der Waals surface area contributed by atoms with E-state index in [-0.39, 0.29) is 28.2 Å². The fraction of sp³-hybridized carbons (Fsp3) is 0.200. The van der Waals surface area contributed by atoms with Crippen LogP contribution < -0.4 is 5.48 Å². The number of hydrogen-bond donors (Lipinski definition) is 2. The van der Waals surface area contributed by atoms with Crippen molar-refractivity contribution < 1.29 is 13.3 Å². The summed E-state index contributed by atoms with van der Waals surface area (Å²) in [6, 6.07) is 6.36. The first-order valence-electron chi connectivity index (χ1n) is 8.80. The summed E-state index contributed by atoms with van der Waals surface area (Å²) < 4.78 is 23.2. The molecule has 150 valence electrons. The average Bonchev–Trinajstić information content (AvgIpc) is 3.21. The summed E-state index contributed by atoms with van der Waals surface area (Å²) in [4.78, 5) is 18.3. The highest BCUT2D eigenvalue weighted by Gasteiger charge is 2.24. The summed E-state index contributed by atoms with van der Waals surface area (Å²) in [6.07, 6.45) is 9.82. The molecular formula is C20H21N5O3S. The molecule has 1 aromatic rings. The van der Waals surface area contributed by atoms with E-state index in [2.05, 4.69) is 27.2 Å². The lowest BCUT2D eigenvalue weighted by Gasteiger charge is -2.10. The molecule has 0 aromatic heterocycles. The molecular weight excluding hydrogens is 390 g/mol. The van der Waals surface area contributed by atoms with Gasteiger partial charge in [0, 0.05) is 12.0 Å². The van der Waals surface area contributed by atoms with Crippen molar-refractivity contribution in [2.75, 3.05) is 6.26 Å². The van der Waals surface area contributed by atoms with Crippen LogP contribution in [0.2, 0.25) is 0 Å². The van der Waals surface area contributed by atoms with Crippen molar-refractivity contribution >= 4 is 34.0 Å². The van der Waals surface area contributed by atoms with Gasteiger partial charge in [-0.2, -0.15) is 10.5 Å². The van der Waals surface area contributed by atoms with Crippen LogP contribution in [0.3, 0.4) is 0 Å².